The molecule has 3 nitrogen and oxygen atoms in total. The molecule has 2 rings (SSSR count). The first-order chi connectivity index (χ1) is 7.15. The van der Waals surface area contributed by atoms with Gasteiger partial charge in [0.2, 0.25) is 6.29 Å². The Morgan fingerprint density at radius 2 is 2.07 bits per heavy atom. The van der Waals surface area contributed by atoms with Crippen LogP contribution in [0.1, 0.15) is 25.8 Å². The van der Waals surface area contributed by atoms with Gasteiger partial charge in [0, 0.05) is 13.0 Å². The number of ether oxygens (including phenoxy) is 2. The summed E-state index contributed by atoms with van der Waals surface area (Å²) < 4.78 is 10.9. The van der Waals surface area contributed by atoms with Crippen molar-refractivity contribution in [2.75, 3.05) is 0 Å². The van der Waals surface area contributed by atoms with Crippen LogP contribution in [0.15, 0.2) is 18.2 Å². The van der Waals surface area contributed by atoms with Gasteiger partial charge in [-0.3, -0.25) is 0 Å². The van der Waals surface area contributed by atoms with Crippen LogP contribution in [0.5, 0.6) is 11.5 Å². The molecule has 15 heavy (non-hydrogen) atoms. The van der Waals surface area contributed by atoms with Gasteiger partial charge in [-0.05, 0) is 37.5 Å². The van der Waals surface area contributed by atoms with Crippen LogP contribution >= 0.6 is 0 Å². The van der Waals surface area contributed by atoms with E-state index >= 15 is 0 Å². The maximum atomic E-state index is 5.72. The second kappa shape index (κ2) is 4.11. The lowest BCUT2D eigenvalue weighted by Crippen LogP contribution is -2.15. The zero-order chi connectivity index (χ0) is 10.8. The molecule has 3 heteroatoms. The summed E-state index contributed by atoms with van der Waals surface area (Å²) in [4.78, 5) is 0. The van der Waals surface area contributed by atoms with Crippen LogP contribution in [0.3, 0.4) is 0 Å². The highest BCUT2D eigenvalue weighted by Gasteiger charge is 2.19. The largest absolute Gasteiger partial charge is 0.451 e. The lowest BCUT2D eigenvalue weighted by molar-refractivity contribution is 0.0678. The minimum Gasteiger partial charge on any atom is -0.451 e. The number of nitrogens with two attached hydrogens (primary N) is 1. The van der Waals surface area contributed by atoms with Crippen molar-refractivity contribution in [1.29, 1.82) is 0 Å². The maximum Gasteiger partial charge on any atom is 0.238 e. The molecule has 82 valence electrons. The summed E-state index contributed by atoms with van der Waals surface area (Å²) >= 11 is 0. The fourth-order valence-electron chi connectivity index (χ4n) is 1.67. The third-order valence-electron chi connectivity index (χ3n) is 2.48. The van der Waals surface area contributed by atoms with Gasteiger partial charge >= 0.3 is 0 Å². The summed E-state index contributed by atoms with van der Waals surface area (Å²) in [5.41, 5.74) is 6.97. The number of aryl methyl sites for hydroxylation is 1. The Balaban J connectivity index is 2.06. The van der Waals surface area contributed by atoms with Crippen LogP contribution in [-0.4, -0.2) is 12.3 Å². The molecule has 1 aliphatic rings. The van der Waals surface area contributed by atoms with Crippen molar-refractivity contribution in [2.24, 2.45) is 5.73 Å². The molecular formula is C12H17NO2. The molecule has 2 unspecified atom stereocenters. The fraction of sp³-hybridized carbons (Fsp3) is 0.500. The van der Waals surface area contributed by atoms with E-state index in [9.17, 15) is 0 Å². The molecule has 0 spiro atoms. The molecule has 1 heterocycles. The Kier molecular flexibility index (Phi) is 2.82. The third-order valence-corrected chi connectivity index (χ3v) is 2.48. The average Bonchev–Trinajstić information content (AvgIpc) is 2.53. The highest BCUT2D eigenvalue weighted by atomic mass is 16.7. The van der Waals surface area contributed by atoms with Crippen molar-refractivity contribution in [3.05, 3.63) is 23.8 Å². The van der Waals surface area contributed by atoms with Crippen molar-refractivity contribution in [2.45, 2.75) is 39.0 Å². The summed E-state index contributed by atoms with van der Waals surface area (Å²) in [6, 6.07) is 6.33. The molecule has 0 fully saturated rings. The van der Waals surface area contributed by atoms with E-state index in [0.29, 0.717) is 0 Å². The first kappa shape index (κ1) is 10.3. The van der Waals surface area contributed by atoms with Crippen LogP contribution in [0.2, 0.25) is 0 Å². The third kappa shape index (κ3) is 2.42. The average molecular weight is 207 g/mol. The first-order valence-electron chi connectivity index (χ1n) is 5.37. The number of benzene rings is 1. The van der Waals surface area contributed by atoms with E-state index in [0.717, 1.165) is 24.3 Å². The molecule has 0 saturated carbocycles. The Morgan fingerprint density at radius 3 is 2.80 bits per heavy atom. The van der Waals surface area contributed by atoms with Gasteiger partial charge in [-0.2, -0.15) is 0 Å². The van der Waals surface area contributed by atoms with Gasteiger partial charge in [0.25, 0.3) is 0 Å². The molecular weight excluding hydrogens is 190 g/mol. The van der Waals surface area contributed by atoms with E-state index < -0.39 is 0 Å². The van der Waals surface area contributed by atoms with Gasteiger partial charge in [-0.1, -0.05) is 6.07 Å². The highest BCUT2D eigenvalue weighted by molar-refractivity contribution is 5.44. The van der Waals surface area contributed by atoms with Gasteiger partial charge in [-0.25, -0.2) is 0 Å². The summed E-state index contributed by atoms with van der Waals surface area (Å²) in [6.07, 6.45) is 1.82. The van der Waals surface area contributed by atoms with Crippen LogP contribution in [0.25, 0.3) is 0 Å². The van der Waals surface area contributed by atoms with Gasteiger partial charge in [0.1, 0.15) is 0 Å². The Hall–Kier alpha value is -1.22. The number of hydrogen-bond acceptors (Lipinski definition) is 3. The molecule has 1 aliphatic heterocycles. The molecule has 0 saturated heterocycles. The summed E-state index contributed by atoms with van der Waals surface area (Å²) in [5.74, 6) is 1.69. The van der Waals surface area contributed by atoms with Crippen molar-refractivity contribution >= 4 is 0 Å². The molecule has 0 amide bonds. The number of rotatable bonds is 3. The molecule has 1 aromatic carbocycles. The summed E-state index contributed by atoms with van der Waals surface area (Å²) in [6.45, 7) is 3.91. The molecule has 0 radical (unpaired) electrons. The monoisotopic (exact) mass is 207 g/mol. The zero-order valence-electron chi connectivity index (χ0n) is 9.19. The normalized spacial score (nSPS) is 20.3. The van der Waals surface area contributed by atoms with Crippen molar-refractivity contribution in [3.8, 4) is 11.5 Å². The van der Waals surface area contributed by atoms with Crippen molar-refractivity contribution < 1.29 is 9.47 Å². The van der Waals surface area contributed by atoms with E-state index in [1.54, 1.807) is 0 Å². The van der Waals surface area contributed by atoms with Crippen molar-refractivity contribution in [3.63, 3.8) is 0 Å². The molecule has 0 aromatic heterocycles. The maximum absolute atomic E-state index is 5.72. The van der Waals surface area contributed by atoms with Crippen LogP contribution in [-0.2, 0) is 6.42 Å². The number of hydrogen-bond donors (Lipinski definition) is 1. The zero-order valence-corrected chi connectivity index (χ0v) is 9.19. The predicted octanol–water partition coefficient (Wildman–Crippen LogP) is 2.08. The van der Waals surface area contributed by atoms with E-state index in [-0.39, 0.29) is 12.3 Å². The quantitative estimate of drug-likeness (QED) is 0.825. The Labute approximate surface area is 90.2 Å². The predicted molar refractivity (Wildman–Crippen MR) is 59.1 cm³/mol. The second-order valence-corrected chi connectivity index (χ2v) is 4.10. The lowest BCUT2D eigenvalue weighted by Gasteiger charge is -2.05. The van der Waals surface area contributed by atoms with E-state index in [1.807, 2.05) is 26.0 Å². The Bertz CT molecular complexity index is 349. The molecule has 0 aliphatic carbocycles. The highest BCUT2D eigenvalue weighted by Crippen LogP contribution is 2.35. The van der Waals surface area contributed by atoms with E-state index in [2.05, 4.69) is 6.07 Å². The Morgan fingerprint density at radius 1 is 1.33 bits per heavy atom. The molecule has 2 N–H and O–H groups in total. The first-order valence-corrected chi connectivity index (χ1v) is 5.37. The molecule has 0 bridgehead atoms. The topological polar surface area (TPSA) is 44.5 Å². The van der Waals surface area contributed by atoms with E-state index in [4.69, 9.17) is 15.2 Å². The molecule has 1 aromatic rings. The van der Waals surface area contributed by atoms with Crippen LogP contribution < -0.4 is 15.2 Å². The minimum absolute atomic E-state index is 0.163. The van der Waals surface area contributed by atoms with Crippen LogP contribution in [0.4, 0.5) is 0 Å². The standard InChI is InChI=1S/C12H17NO2/c1-8(13)3-4-10-5-6-11-12(7-10)15-9(2)14-11/h5-9H,3-4,13H2,1-2H3. The summed E-state index contributed by atoms with van der Waals surface area (Å²) in [5, 5.41) is 0. The fourth-order valence-corrected chi connectivity index (χ4v) is 1.67. The lowest BCUT2D eigenvalue weighted by atomic mass is 10.1. The van der Waals surface area contributed by atoms with Crippen LogP contribution in [0, 0.1) is 0 Å². The van der Waals surface area contributed by atoms with Gasteiger partial charge < -0.3 is 15.2 Å². The molecule has 2 atom stereocenters. The van der Waals surface area contributed by atoms with Gasteiger partial charge in [0.05, 0.1) is 0 Å². The van der Waals surface area contributed by atoms with Gasteiger partial charge in [-0.15, -0.1) is 0 Å². The van der Waals surface area contributed by atoms with Crippen molar-refractivity contribution in [1.82, 2.24) is 0 Å². The smallest absolute Gasteiger partial charge is 0.238 e. The minimum atomic E-state index is -0.163. The van der Waals surface area contributed by atoms with Gasteiger partial charge in [0.15, 0.2) is 11.5 Å². The summed E-state index contributed by atoms with van der Waals surface area (Å²) in [7, 11) is 0. The van der Waals surface area contributed by atoms with E-state index in [1.165, 1.54) is 5.56 Å². The SMILES string of the molecule is CC(N)CCc1ccc2c(c1)OC(C)O2. The number of fused-ring (bicyclic) bond motifs is 1. The second-order valence-electron chi connectivity index (χ2n) is 4.10.